The van der Waals surface area contributed by atoms with E-state index in [0.29, 0.717) is 22.4 Å². The predicted molar refractivity (Wildman–Crippen MR) is 127 cm³/mol. The first-order chi connectivity index (χ1) is 15.3. The van der Waals surface area contributed by atoms with Gasteiger partial charge in [-0.3, -0.25) is 9.69 Å². The van der Waals surface area contributed by atoms with E-state index in [9.17, 15) is 13.2 Å². The summed E-state index contributed by atoms with van der Waals surface area (Å²) in [6.07, 6.45) is 3.41. The number of anilines is 1. The minimum Gasteiger partial charge on any atom is -0.373 e. The normalized spacial score (nSPS) is 23.3. The molecular formula is C21H30N4O4S3. The highest BCUT2D eigenvalue weighted by Crippen LogP contribution is 2.28. The molecule has 4 heterocycles. The lowest BCUT2D eigenvalue weighted by Crippen LogP contribution is -2.44. The number of thiophene rings is 1. The van der Waals surface area contributed by atoms with Gasteiger partial charge in [0.25, 0.3) is 10.0 Å². The van der Waals surface area contributed by atoms with Gasteiger partial charge in [-0.1, -0.05) is 6.42 Å². The van der Waals surface area contributed by atoms with Crippen LogP contribution < -0.4 is 5.32 Å². The summed E-state index contributed by atoms with van der Waals surface area (Å²) in [4.78, 5) is 20.1. The molecule has 0 spiro atoms. The Kier molecular flexibility index (Phi) is 7.63. The molecule has 0 aliphatic carbocycles. The Morgan fingerprint density at radius 1 is 1.19 bits per heavy atom. The van der Waals surface area contributed by atoms with E-state index in [1.54, 1.807) is 16.4 Å². The summed E-state index contributed by atoms with van der Waals surface area (Å²) in [7, 11) is -3.46. The average Bonchev–Trinajstić information content (AvgIpc) is 3.38. The van der Waals surface area contributed by atoms with Crippen molar-refractivity contribution >= 4 is 43.7 Å². The molecule has 1 amide bonds. The molecule has 1 N–H and O–H groups in total. The van der Waals surface area contributed by atoms with E-state index in [4.69, 9.17) is 4.74 Å². The van der Waals surface area contributed by atoms with Crippen molar-refractivity contribution in [1.29, 1.82) is 0 Å². The zero-order valence-corrected chi connectivity index (χ0v) is 20.9. The smallest absolute Gasteiger partial charge is 0.252 e. The molecule has 2 aromatic heterocycles. The summed E-state index contributed by atoms with van der Waals surface area (Å²) < 4.78 is 33.2. The number of nitrogens with one attached hydrogen (secondary N) is 1. The minimum absolute atomic E-state index is 0.133. The number of aromatic nitrogens is 1. The second-order valence-electron chi connectivity index (χ2n) is 8.51. The first kappa shape index (κ1) is 23.8. The Hall–Kier alpha value is -1.37. The molecule has 0 aromatic carbocycles. The van der Waals surface area contributed by atoms with E-state index < -0.39 is 10.0 Å². The quantitative estimate of drug-likeness (QED) is 0.631. The highest BCUT2D eigenvalue weighted by molar-refractivity contribution is 7.91. The van der Waals surface area contributed by atoms with Crippen LogP contribution in [0.1, 0.15) is 43.7 Å². The van der Waals surface area contributed by atoms with E-state index in [2.05, 4.69) is 29.0 Å². The van der Waals surface area contributed by atoms with Gasteiger partial charge in [0.2, 0.25) is 5.91 Å². The molecule has 2 saturated heterocycles. The molecule has 2 atom stereocenters. The molecule has 2 aromatic rings. The van der Waals surface area contributed by atoms with E-state index in [0.717, 1.165) is 49.5 Å². The maximum Gasteiger partial charge on any atom is 0.252 e. The van der Waals surface area contributed by atoms with Crippen LogP contribution in [-0.4, -0.2) is 66.9 Å². The highest BCUT2D eigenvalue weighted by Gasteiger charge is 2.27. The van der Waals surface area contributed by atoms with Crippen LogP contribution in [0.2, 0.25) is 0 Å². The molecule has 11 heteroatoms. The third-order valence-electron chi connectivity index (χ3n) is 5.56. The van der Waals surface area contributed by atoms with Crippen molar-refractivity contribution < 1.29 is 17.9 Å². The van der Waals surface area contributed by atoms with Crippen molar-refractivity contribution in [3.05, 3.63) is 28.1 Å². The van der Waals surface area contributed by atoms with Crippen LogP contribution in [-0.2, 0) is 32.5 Å². The van der Waals surface area contributed by atoms with Crippen molar-refractivity contribution in [1.82, 2.24) is 14.2 Å². The van der Waals surface area contributed by atoms with Crippen LogP contribution >= 0.6 is 22.7 Å². The van der Waals surface area contributed by atoms with Gasteiger partial charge in [-0.05, 0) is 38.8 Å². The molecule has 2 aliphatic rings. The molecule has 0 saturated carbocycles. The zero-order chi connectivity index (χ0) is 22.7. The number of piperidine rings is 1. The zero-order valence-electron chi connectivity index (χ0n) is 18.5. The summed E-state index contributed by atoms with van der Waals surface area (Å²) >= 11 is 2.58. The van der Waals surface area contributed by atoms with Crippen LogP contribution in [0.5, 0.6) is 0 Å². The molecule has 2 fully saturated rings. The Labute approximate surface area is 197 Å². The van der Waals surface area contributed by atoms with Crippen molar-refractivity contribution in [2.75, 3.05) is 31.5 Å². The van der Waals surface area contributed by atoms with Crippen LogP contribution in [0.15, 0.2) is 21.7 Å². The van der Waals surface area contributed by atoms with Crippen molar-refractivity contribution in [3.63, 3.8) is 0 Å². The number of nitrogens with zero attached hydrogens (tertiary/aromatic N) is 3. The molecule has 2 aliphatic heterocycles. The van der Waals surface area contributed by atoms with Crippen LogP contribution in [0, 0.1) is 0 Å². The first-order valence-corrected chi connectivity index (χ1v) is 14.1. The number of morpholine rings is 1. The monoisotopic (exact) mass is 498 g/mol. The van der Waals surface area contributed by atoms with Gasteiger partial charge in [-0.15, -0.1) is 22.7 Å². The Balaban J connectivity index is 1.31. The molecule has 32 heavy (non-hydrogen) atoms. The number of thiazole rings is 1. The van der Waals surface area contributed by atoms with Gasteiger partial charge in [0.05, 0.1) is 24.3 Å². The fourth-order valence-corrected chi connectivity index (χ4v) is 7.97. The Morgan fingerprint density at radius 2 is 1.91 bits per heavy atom. The second-order valence-corrected chi connectivity index (χ2v) is 12.7. The summed E-state index contributed by atoms with van der Waals surface area (Å²) in [5, 5.41) is 5.38. The second kappa shape index (κ2) is 10.3. The average molecular weight is 499 g/mol. The standard InChI is InChI=1S/C21H30N4O4S3/c1-15-11-24(12-16(2)29-15)13-17-14-30-21(22-17)23-19(26)10-18-6-7-20(31-18)32(27,28)25-8-4-3-5-9-25/h6-7,14-16H,3-5,8-13H2,1-2H3,(H,22,23,26). The molecule has 176 valence electrons. The molecule has 0 radical (unpaired) electrons. The maximum atomic E-state index is 12.8. The van der Waals surface area contributed by atoms with E-state index in [1.165, 1.54) is 22.7 Å². The van der Waals surface area contributed by atoms with E-state index >= 15 is 0 Å². The number of ether oxygens (including phenoxy) is 1. The lowest BCUT2D eigenvalue weighted by Gasteiger charge is -2.34. The van der Waals surface area contributed by atoms with Gasteiger partial charge in [-0.25, -0.2) is 13.4 Å². The van der Waals surface area contributed by atoms with Crippen molar-refractivity contribution in [2.45, 2.75) is 62.5 Å². The third kappa shape index (κ3) is 5.95. The number of amides is 1. The lowest BCUT2D eigenvalue weighted by atomic mass is 10.2. The molecule has 2 unspecified atom stereocenters. The number of hydrogen-bond acceptors (Lipinski definition) is 8. The molecule has 4 rings (SSSR count). The maximum absolute atomic E-state index is 12.8. The molecule has 0 bridgehead atoms. The Bertz CT molecular complexity index is 1020. The number of hydrogen-bond donors (Lipinski definition) is 1. The summed E-state index contributed by atoms with van der Waals surface area (Å²) in [5.41, 5.74) is 0.928. The van der Waals surface area contributed by atoms with Crippen LogP contribution in [0.4, 0.5) is 5.13 Å². The number of rotatable bonds is 7. The number of carbonyl (C=O) groups is 1. The van der Waals surface area contributed by atoms with Gasteiger partial charge < -0.3 is 10.1 Å². The van der Waals surface area contributed by atoms with Crippen molar-refractivity contribution in [3.8, 4) is 0 Å². The molecular weight excluding hydrogens is 468 g/mol. The van der Waals surface area contributed by atoms with Gasteiger partial charge in [0.15, 0.2) is 5.13 Å². The minimum atomic E-state index is -3.46. The fraction of sp³-hybridized carbons (Fsp3) is 0.619. The third-order valence-corrected chi connectivity index (χ3v) is 9.82. The first-order valence-electron chi connectivity index (χ1n) is 11.0. The summed E-state index contributed by atoms with van der Waals surface area (Å²) in [6, 6.07) is 3.35. The summed E-state index contributed by atoms with van der Waals surface area (Å²) in [5.74, 6) is -0.191. The fourth-order valence-electron chi connectivity index (χ4n) is 4.23. The van der Waals surface area contributed by atoms with E-state index in [1.807, 2.05) is 5.38 Å². The number of carbonyl (C=O) groups excluding carboxylic acids is 1. The van der Waals surface area contributed by atoms with E-state index in [-0.39, 0.29) is 24.5 Å². The Morgan fingerprint density at radius 3 is 2.62 bits per heavy atom. The number of sulfonamides is 1. The lowest BCUT2D eigenvalue weighted by molar-refractivity contribution is -0.115. The van der Waals surface area contributed by atoms with Crippen LogP contribution in [0.25, 0.3) is 0 Å². The van der Waals surface area contributed by atoms with Gasteiger partial charge >= 0.3 is 0 Å². The summed E-state index contributed by atoms with van der Waals surface area (Å²) in [6.45, 7) is 7.75. The largest absolute Gasteiger partial charge is 0.373 e. The van der Waals surface area contributed by atoms with Crippen molar-refractivity contribution in [2.24, 2.45) is 0 Å². The SMILES string of the molecule is CC1CN(Cc2csc(NC(=O)Cc3ccc(S(=O)(=O)N4CCCCC4)s3)n2)CC(C)O1. The van der Waals surface area contributed by atoms with Gasteiger partial charge in [0.1, 0.15) is 4.21 Å². The topological polar surface area (TPSA) is 91.8 Å². The highest BCUT2D eigenvalue weighted by atomic mass is 32.2. The van der Waals surface area contributed by atoms with Gasteiger partial charge in [-0.2, -0.15) is 4.31 Å². The van der Waals surface area contributed by atoms with Crippen LogP contribution in [0.3, 0.4) is 0 Å². The predicted octanol–water partition coefficient (Wildman–Crippen LogP) is 3.17. The molecule has 8 nitrogen and oxygen atoms in total. The van der Waals surface area contributed by atoms with Gasteiger partial charge in [0, 0.05) is 43.0 Å².